The van der Waals surface area contributed by atoms with Gasteiger partial charge in [0.2, 0.25) is 0 Å². The summed E-state index contributed by atoms with van der Waals surface area (Å²) in [4.78, 5) is 14.8. The van der Waals surface area contributed by atoms with Crippen LogP contribution < -0.4 is 10.2 Å². The van der Waals surface area contributed by atoms with Crippen LogP contribution in [0.2, 0.25) is 5.02 Å². The number of hydrogen-bond acceptors (Lipinski definition) is 3. The van der Waals surface area contributed by atoms with Crippen LogP contribution >= 0.6 is 23.8 Å². The number of thiocarbonyl (C=S) groups is 1. The highest BCUT2D eigenvalue weighted by Gasteiger charge is 2.40. The highest BCUT2D eigenvalue weighted by atomic mass is 35.5. The van der Waals surface area contributed by atoms with Gasteiger partial charge in [0.05, 0.1) is 17.1 Å². The van der Waals surface area contributed by atoms with Crippen LogP contribution in [0.3, 0.4) is 0 Å². The van der Waals surface area contributed by atoms with E-state index in [0.29, 0.717) is 15.8 Å². The minimum absolute atomic E-state index is 0.135. The van der Waals surface area contributed by atoms with Crippen LogP contribution in [-0.4, -0.2) is 20.8 Å². The van der Waals surface area contributed by atoms with Gasteiger partial charge in [0.1, 0.15) is 6.04 Å². The van der Waals surface area contributed by atoms with E-state index in [2.05, 4.69) is 10.4 Å². The van der Waals surface area contributed by atoms with Crippen molar-refractivity contribution in [2.45, 2.75) is 26.8 Å². The van der Waals surface area contributed by atoms with Gasteiger partial charge in [-0.1, -0.05) is 35.9 Å². The summed E-state index contributed by atoms with van der Waals surface area (Å²) in [6, 6.07) is 14.8. The third-order valence-corrected chi connectivity index (χ3v) is 5.70. The molecular weight excluding hydrogens is 392 g/mol. The molecule has 1 aliphatic heterocycles. The minimum atomic E-state index is -0.579. The molecule has 1 aliphatic rings. The molecule has 1 N–H and O–H groups in total. The van der Waals surface area contributed by atoms with E-state index in [4.69, 9.17) is 23.8 Å². The van der Waals surface area contributed by atoms with Gasteiger partial charge in [-0.3, -0.25) is 9.69 Å². The Morgan fingerprint density at radius 2 is 1.79 bits per heavy atom. The first-order valence-corrected chi connectivity index (χ1v) is 9.69. The predicted octanol–water partition coefficient (Wildman–Crippen LogP) is 4.41. The van der Waals surface area contributed by atoms with Gasteiger partial charge in [0, 0.05) is 16.3 Å². The first kappa shape index (κ1) is 18.7. The van der Waals surface area contributed by atoms with Crippen molar-refractivity contribution in [2.75, 3.05) is 4.90 Å². The predicted molar refractivity (Wildman–Crippen MR) is 115 cm³/mol. The van der Waals surface area contributed by atoms with Gasteiger partial charge in [-0.25, -0.2) is 4.68 Å². The second kappa shape index (κ2) is 7.04. The van der Waals surface area contributed by atoms with Gasteiger partial charge in [-0.15, -0.1) is 0 Å². The first-order chi connectivity index (χ1) is 13.4. The van der Waals surface area contributed by atoms with E-state index in [1.54, 1.807) is 6.07 Å². The number of aromatic nitrogens is 2. The molecule has 3 aromatic rings. The molecule has 0 saturated carbocycles. The van der Waals surface area contributed by atoms with Crippen LogP contribution in [0.25, 0.3) is 5.69 Å². The van der Waals surface area contributed by atoms with Crippen LogP contribution in [-0.2, 0) is 4.79 Å². The van der Waals surface area contributed by atoms with Crippen LogP contribution in [0.5, 0.6) is 0 Å². The summed E-state index contributed by atoms with van der Waals surface area (Å²) in [6.07, 6.45) is 0. The van der Waals surface area contributed by atoms with Gasteiger partial charge in [-0.2, -0.15) is 5.10 Å². The second-order valence-electron chi connectivity index (χ2n) is 6.82. The highest BCUT2D eigenvalue weighted by Crippen LogP contribution is 2.33. The average molecular weight is 411 g/mol. The van der Waals surface area contributed by atoms with Crippen molar-refractivity contribution in [2.24, 2.45) is 0 Å². The summed E-state index contributed by atoms with van der Waals surface area (Å²) in [5.74, 6) is -0.135. The molecule has 1 atom stereocenters. The fraction of sp³-hybridized carbons (Fsp3) is 0.190. The monoisotopic (exact) mass is 410 g/mol. The van der Waals surface area contributed by atoms with Crippen molar-refractivity contribution >= 4 is 40.5 Å². The SMILES string of the molecule is Cc1ccc(N2C(=O)[C@@H](c3c(C)nn(-c4ccccc4)c3C)NC2=S)cc1Cl. The van der Waals surface area contributed by atoms with Crippen molar-refractivity contribution in [1.29, 1.82) is 0 Å². The molecule has 1 saturated heterocycles. The van der Waals surface area contributed by atoms with Crippen LogP contribution in [0.4, 0.5) is 5.69 Å². The number of rotatable bonds is 3. The van der Waals surface area contributed by atoms with Crippen molar-refractivity contribution in [3.8, 4) is 5.69 Å². The number of benzene rings is 2. The molecule has 0 bridgehead atoms. The van der Waals surface area contributed by atoms with Crippen molar-refractivity contribution < 1.29 is 4.79 Å². The number of para-hydroxylation sites is 1. The zero-order chi connectivity index (χ0) is 20.0. The van der Waals surface area contributed by atoms with Gasteiger partial charge >= 0.3 is 0 Å². The lowest BCUT2D eigenvalue weighted by molar-refractivity contribution is -0.118. The molecule has 2 aromatic carbocycles. The smallest absolute Gasteiger partial charge is 0.260 e. The molecule has 0 radical (unpaired) electrons. The number of anilines is 1. The van der Waals surface area contributed by atoms with Crippen molar-refractivity contribution in [1.82, 2.24) is 15.1 Å². The fourth-order valence-electron chi connectivity index (χ4n) is 3.53. The molecule has 1 fully saturated rings. The maximum absolute atomic E-state index is 13.3. The molecule has 142 valence electrons. The largest absolute Gasteiger partial charge is 0.346 e. The fourth-order valence-corrected chi connectivity index (χ4v) is 4.02. The Bertz CT molecular complexity index is 1090. The maximum Gasteiger partial charge on any atom is 0.260 e. The number of aryl methyl sites for hydroxylation is 2. The van der Waals surface area contributed by atoms with E-state index < -0.39 is 6.04 Å². The van der Waals surface area contributed by atoms with Gasteiger partial charge in [0.15, 0.2) is 5.11 Å². The normalized spacial score (nSPS) is 16.6. The number of halogens is 1. The summed E-state index contributed by atoms with van der Waals surface area (Å²) < 4.78 is 1.86. The minimum Gasteiger partial charge on any atom is -0.346 e. The quantitative estimate of drug-likeness (QED) is 0.649. The molecule has 0 unspecified atom stereocenters. The molecule has 7 heteroatoms. The molecule has 28 heavy (non-hydrogen) atoms. The molecule has 1 amide bonds. The molecule has 2 heterocycles. The van der Waals surface area contributed by atoms with Gasteiger partial charge < -0.3 is 5.32 Å². The Kier molecular flexibility index (Phi) is 4.69. The maximum atomic E-state index is 13.3. The Labute approximate surface area is 173 Å². The van der Waals surface area contributed by atoms with Crippen molar-refractivity contribution in [3.63, 3.8) is 0 Å². The lowest BCUT2D eigenvalue weighted by Crippen LogP contribution is -2.30. The molecule has 1 aromatic heterocycles. The third-order valence-electron chi connectivity index (χ3n) is 4.99. The van der Waals surface area contributed by atoms with Gasteiger partial charge in [0.25, 0.3) is 5.91 Å². The Morgan fingerprint density at radius 3 is 2.46 bits per heavy atom. The summed E-state index contributed by atoms with van der Waals surface area (Å²) >= 11 is 11.7. The summed E-state index contributed by atoms with van der Waals surface area (Å²) in [7, 11) is 0. The number of nitrogens with zero attached hydrogens (tertiary/aromatic N) is 3. The topological polar surface area (TPSA) is 50.2 Å². The Balaban J connectivity index is 1.73. The zero-order valence-corrected chi connectivity index (χ0v) is 17.3. The van der Waals surface area contributed by atoms with E-state index in [-0.39, 0.29) is 5.91 Å². The standard InChI is InChI=1S/C21H19ClN4OS/c1-12-9-10-16(11-17(12)22)25-20(27)19(23-21(25)28)18-13(2)24-26(14(18)3)15-7-5-4-6-8-15/h4-11,19H,1-3H3,(H,23,28)/t19-/m1/s1. The van der Waals surface area contributed by atoms with E-state index in [1.807, 2.05) is 67.9 Å². The molecule has 0 aliphatic carbocycles. The Hall–Kier alpha value is -2.70. The van der Waals surface area contributed by atoms with Crippen LogP contribution in [0, 0.1) is 20.8 Å². The molecule has 0 spiro atoms. The van der Waals surface area contributed by atoms with Crippen LogP contribution in [0.1, 0.15) is 28.6 Å². The summed E-state index contributed by atoms with van der Waals surface area (Å²) in [5.41, 5.74) is 5.09. The molecular formula is C21H19ClN4OS. The van der Waals surface area contributed by atoms with Crippen molar-refractivity contribution in [3.05, 3.63) is 76.1 Å². The molecule has 5 nitrogen and oxygen atoms in total. The van der Waals surface area contributed by atoms with E-state index >= 15 is 0 Å². The molecule has 4 rings (SSSR count). The number of carbonyl (C=O) groups excluding carboxylic acids is 1. The Morgan fingerprint density at radius 1 is 1.07 bits per heavy atom. The third kappa shape index (κ3) is 2.99. The first-order valence-electron chi connectivity index (χ1n) is 8.90. The average Bonchev–Trinajstić information content (AvgIpc) is 3.13. The number of nitrogens with one attached hydrogen (secondary N) is 1. The number of hydrogen-bond donors (Lipinski definition) is 1. The summed E-state index contributed by atoms with van der Waals surface area (Å²) in [5, 5.41) is 8.77. The number of amides is 1. The van der Waals surface area contributed by atoms with E-state index in [1.165, 1.54) is 4.90 Å². The lowest BCUT2D eigenvalue weighted by Gasteiger charge is -2.16. The van der Waals surface area contributed by atoms with Crippen LogP contribution in [0.15, 0.2) is 48.5 Å². The summed E-state index contributed by atoms with van der Waals surface area (Å²) in [6.45, 7) is 5.79. The zero-order valence-electron chi connectivity index (χ0n) is 15.7. The number of carbonyl (C=O) groups is 1. The lowest BCUT2D eigenvalue weighted by atomic mass is 10.0. The van der Waals surface area contributed by atoms with Gasteiger partial charge in [-0.05, 0) is 62.8 Å². The second-order valence-corrected chi connectivity index (χ2v) is 7.62. The van der Waals surface area contributed by atoms with E-state index in [0.717, 1.165) is 28.2 Å². The van der Waals surface area contributed by atoms with E-state index in [9.17, 15) is 4.79 Å². The highest BCUT2D eigenvalue weighted by molar-refractivity contribution is 7.80.